The third-order valence-corrected chi connectivity index (χ3v) is 2.83. The van der Waals surface area contributed by atoms with Crippen LogP contribution in [-0.4, -0.2) is 42.4 Å². The Morgan fingerprint density at radius 1 is 1.50 bits per heavy atom. The van der Waals surface area contributed by atoms with E-state index in [-0.39, 0.29) is 18.6 Å². The van der Waals surface area contributed by atoms with E-state index in [0.29, 0.717) is 19.4 Å². The van der Waals surface area contributed by atoms with Crippen LogP contribution in [-0.2, 0) is 0 Å². The molecule has 0 aliphatic heterocycles. The van der Waals surface area contributed by atoms with Crippen molar-refractivity contribution in [3.05, 3.63) is 0 Å². The van der Waals surface area contributed by atoms with Crippen molar-refractivity contribution in [2.45, 2.75) is 25.1 Å². The molecule has 1 aliphatic carbocycles. The van der Waals surface area contributed by atoms with Crippen LogP contribution in [0.4, 0.5) is 13.2 Å². The highest BCUT2D eigenvalue weighted by Crippen LogP contribution is 2.29. The smallest absolute Gasteiger partial charge is 0.393 e. The number of nitriles is 1. The summed E-state index contributed by atoms with van der Waals surface area (Å²) < 4.78 is 36.9. The van der Waals surface area contributed by atoms with E-state index in [9.17, 15) is 13.2 Å². The summed E-state index contributed by atoms with van der Waals surface area (Å²) in [6, 6.07) is 1.27. The molecule has 1 unspecified atom stereocenters. The Morgan fingerprint density at radius 2 is 2.06 bits per heavy atom. The molecular weight excluding hydrogens is 221 g/mol. The first kappa shape index (κ1) is 13.3. The predicted molar refractivity (Wildman–Crippen MR) is 51.4 cm³/mol. The molecule has 0 amide bonds. The van der Waals surface area contributed by atoms with Crippen molar-refractivity contribution in [1.82, 2.24) is 4.90 Å². The van der Waals surface area contributed by atoms with Crippen molar-refractivity contribution in [3.8, 4) is 6.07 Å². The van der Waals surface area contributed by atoms with Gasteiger partial charge >= 0.3 is 6.18 Å². The van der Waals surface area contributed by atoms with Crippen molar-refractivity contribution >= 4 is 0 Å². The van der Waals surface area contributed by atoms with E-state index in [0.717, 1.165) is 0 Å². The standard InChI is InChI=1S/C10H15F3N2O/c1-15(5-7-2-9(16)3-7)6-8(4-14)10(11,12)13/h7-9,16H,2-3,5-6H2,1H3. The molecule has 1 N–H and O–H groups in total. The first-order chi connectivity index (χ1) is 7.32. The third-order valence-electron chi connectivity index (χ3n) is 2.83. The summed E-state index contributed by atoms with van der Waals surface area (Å²) in [5.74, 6) is -1.67. The van der Waals surface area contributed by atoms with Crippen molar-refractivity contribution in [3.63, 3.8) is 0 Å². The number of hydrogen-bond acceptors (Lipinski definition) is 3. The van der Waals surface area contributed by atoms with Crippen LogP contribution < -0.4 is 0 Å². The normalized spacial score (nSPS) is 27.3. The molecule has 1 aliphatic rings. The zero-order chi connectivity index (χ0) is 12.3. The molecule has 0 heterocycles. The van der Waals surface area contributed by atoms with Gasteiger partial charge in [-0.15, -0.1) is 0 Å². The molecule has 0 aromatic carbocycles. The van der Waals surface area contributed by atoms with E-state index in [1.54, 1.807) is 7.05 Å². The molecule has 1 saturated carbocycles. The van der Waals surface area contributed by atoms with Gasteiger partial charge in [0.25, 0.3) is 0 Å². The zero-order valence-electron chi connectivity index (χ0n) is 9.04. The molecule has 3 nitrogen and oxygen atoms in total. The number of rotatable bonds is 4. The average molecular weight is 236 g/mol. The Balaban J connectivity index is 2.33. The van der Waals surface area contributed by atoms with E-state index in [1.165, 1.54) is 11.0 Å². The van der Waals surface area contributed by atoms with E-state index in [2.05, 4.69) is 0 Å². The fourth-order valence-electron chi connectivity index (χ4n) is 1.89. The highest BCUT2D eigenvalue weighted by molar-refractivity contribution is 4.91. The third kappa shape index (κ3) is 3.65. The molecule has 6 heteroatoms. The number of aliphatic hydroxyl groups excluding tert-OH is 1. The maximum Gasteiger partial charge on any atom is 0.405 e. The number of hydrogen-bond donors (Lipinski definition) is 1. The van der Waals surface area contributed by atoms with Crippen LogP contribution in [0, 0.1) is 23.2 Å². The van der Waals surface area contributed by atoms with Crippen LogP contribution in [0.1, 0.15) is 12.8 Å². The maximum atomic E-state index is 12.3. The average Bonchev–Trinajstić information content (AvgIpc) is 2.09. The summed E-state index contributed by atoms with van der Waals surface area (Å²) in [5, 5.41) is 17.5. The highest BCUT2D eigenvalue weighted by Gasteiger charge is 2.40. The van der Waals surface area contributed by atoms with E-state index < -0.39 is 12.1 Å². The number of nitrogens with zero attached hydrogens (tertiary/aromatic N) is 2. The van der Waals surface area contributed by atoms with Crippen molar-refractivity contribution in [2.75, 3.05) is 20.1 Å². The summed E-state index contributed by atoms with van der Waals surface area (Å²) in [4.78, 5) is 1.51. The molecule has 16 heavy (non-hydrogen) atoms. The minimum Gasteiger partial charge on any atom is -0.393 e. The molecule has 0 saturated heterocycles. The van der Waals surface area contributed by atoms with Crippen LogP contribution in [0.5, 0.6) is 0 Å². The molecule has 1 fully saturated rings. The fraction of sp³-hybridized carbons (Fsp3) is 0.900. The predicted octanol–water partition coefficient (Wildman–Crippen LogP) is 1.39. The second-order valence-electron chi connectivity index (χ2n) is 4.44. The number of aliphatic hydroxyl groups is 1. The zero-order valence-corrected chi connectivity index (χ0v) is 9.04. The van der Waals surface area contributed by atoms with E-state index in [1.807, 2.05) is 0 Å². The van der Waals surface area contributed by atoms with Crippen molar-refractivity contribution in [2.24, 2.45) is 11.8 Å². The summed E-state index contributed by atoms with van der Waals surface area (Å²) in [6.07, 6.45) is -3.46. The van der Waals surface area contributed by atoms with Crippen LogP contribution in [0.2, 0.25) is 0 Å². The minimum atomic E-state index is -4.46. The Kier molecular flexibility index (Phi) is 4.16. The van der Waals surface area contributed by atoms with Gasteiger partial charge in [-0.05, 0) is 25.8 Å². The Morgan fingerprint density at radius 3 is 2.44 bits per heavy atom. The molecule has 0 aromatic rings. The number of halogens is 3. The van der Waals surface area contributed by atoms with Crippen molar-refractivity contribution in [1.29, 1.82) is 5.26 Å². The topological polar surface area (TPSA) is 47.3 Å². The van der Waals surface area contributed by atoms with Gasteiger partial charge < -0.3 is 10.0 Å². The quantitative estimate of drug-likeness (QED) is 0.802. The molecule has 0 bridgehead atoms. The lowest BCUT2D eigenvalue weighted by molar-refractivity contribution is -0.163. The molecule has 0 spiro atoms. The van der Waals surface area contributed by atoms with Gasteiger partial charge in [-0.25, -0.2) is 0 Å². The van der Waals surface area contributed by atoms with E-state index in [4.69, 9.17) is 10.4 Å². The highest BCUT2D eigenvalue weighted by atomic mass is 19.4. The Hall–Kier alpha value is -0.800. The fourth-order valence-corrected chi connectivity index (χ4v) is 1.89. The van der Waals surface area contributed by atoms with Gasteiger partial charge in [0.05, 0.1) is 12.2 Å². The van der Waals surface area contributed by atoms with Gasteiger partial charge in [-0.3, -0.25) is 0 Å². The first-order valence-corrected chi connectivity index (χ1v) is 5.16. The summed E-state index contributed by atoms with van der Waals surface area (Å²) in [7, 11) is 1.57. The van der Waals surface area contributed by atoms with Gasteiger partial charge in [-0.2, -0.15) is 18.4 Å². The summed E-state index contributed by atoms with van der Waals surface area (Å²) >= 11 is 0. The largest absolute Gasteiger partial charge is 0.405 e. The Labute approximate surface area is 92.5 Å². The van der Waals surface area contributed by atoms with Crippen LogP contribution in [0.3, 0.4) is 0 Å². The molecule has 92 valence electrons. The van der Waals surface area contributed by atoms with Gasteiger partial charge in [0.1, 0.15) is 0 Å². The van der Waals surface area contributed by atoms with Gasteiger partial charge in [-0.1, -0.05) is 0 Å². The molecule has 1 rings (SSSR count). The molecular formula is C10H15F3N2O. The van der Waals surface area contributed by atoms with Crippen LogP contribution in [0.15, 0.2) is 0 Å². The lowest BCUT2D eigenvalue weighted by Gasteiger charge is -2.35. The first-order valence-electron chi connectivity index (χ1n) is 5.16. The van der Waals surface area contributed by atoms with Gasteiger partial charge in [0, 0.05) is 13.1 Å². The van der Waals surface area contributed by atoms with E-state index >= 15 is 0 Å². The lowest BCUT2D eigenvalue weighted by atomic mass is 9.82. The number of alkyl halides is 3. The lowest BCUT2D eigenvalue weighted by Crippen LogP contribution is -2.40. The molecule has 0 aromatic heterocycles. The van der Waals surface area contributed by atoms with Crippen LogP contribution in [0.25, 0.3) is 0 Å². The Bertz CT molecular complexity index is 268. The molecule has 0 radical (unpaired) electrons. The summed E-state index contributed by atoms with van der Waals surface area (Å²) in [6.45, 7) is 0.206. The minimum absolute atomic E-state index is 0.257. The van der Waals surface area contributed by atoms with Gasteiger partial charge in [0.2, 0.25) is 0 Å². The summed E-state index contributed by atoms with van der Waals surface area (Å²) in [5.41, 5.74) is 0. The SMILES string of the molecule is CN(CC1CC(O)C1)CC(C#N)C(F)(F)F. The monoisotopic (exact) mass is 236 g/mol. The second-order valence-corrected chi connectivity index (χ2v) is 4.44. The van der Waals surface area contributed by atoms with Crippen LogP contribution >= 0.6 is 0 Å². The molecule has 1 atom stereocenters. The van der Waals surface area contributed by atoms with Gasteiger partial charge in [0.15, 0.2) is 5.92 Å². The van der Waals surface area contributed by atoms with Crippen molar-refractivity contribution < 1.29 is 18.3 Å². The second kappa shape index (κ2) is 5.02. The maximum absolute atomic E-state index is 12.3.